The van der Waals surface area contributed by atoms with Crippen LogP contribution in [0, 0.1) is 0 Å². The predicted molar refractivity (Wildman–Crippen MR) is 83.5 cm³/mol. The first-order chi connectivity index (χ1) is 10.0. The standard InChI is InChI=1S/C17H21NO3/c1-3-6-15(17(19)20)21-16-13(11(2)18)10-9-12-7-4-5-8-14(12)16/h4-5,7-11,15H,3,6,18H2,1-2H3,(H,19,20)/t11-,15?/m0/s1. The number of hydrogen-bond acceptors (Lipinski definition) is 3. The van der Waals surface area contributed by atoms with Crippen molar-refractivity contribution >= 4 is 16.7 Å². The maximum absolute atomic E-state index is 11.4. The van der Waals surface area contributed by atoms with Crippen molar-refractivity contribution in [3.05, 3.63) is 42.0 Å². The highest BCUT2D eigenvalue weighted by Crippen LogP contribution is 2.34. The van der Waals surface area contributed by atoms with Crippen LogP contribution in [0.15, 0.2) is 36.4 Å². The average Bonchev–Trinajstić information content (AvgIpc) is 2.46. The summed E-state index contributed by atoms with van der Waals surface area (Å²) < 4.78 is 5.84. The summed E-state index contributed by atoms with van der Waals surface area (Å²) in [5.41, 5.74) is 6.83. The highest BCUT2D eigenvalue weighted by molar-refractivity contribution is 5.90. The highest BCUT2D eigenvalue weighted by Gasteiger charge is 2.22. The molecule has 0 saturated carbocycles. The quantitative estimate of drug-likeness (QED) is 0.853. The number of hydrogen-bond donors (Lipinski definition) is 2. The largest absolute Gasteiger partial charge is 0.479 e. The zero-order valence-electron chi connectivity index (χ0n) is 12.4. The summed E-state index contributed by atoms with van der Waals surface area (Å²) in [6.07, 6.45) is 0.366. The van der Waals surface area contributed by atoms with Gasteiger partial charge >= 0.3 is 5.97 Å². The van der Waals surface area contributed by atoms with Crippen molar-refractivity contribution in [2.45, 2.75) is 38.8 Å². The molecule has 3 N–H and O–H groups in total. The minimum Gasteiger partial charge on any atom is -0.479 e. The summed E-state index contributed by atoms with van der Waals surface area (Å²) in [5.74, 6) is -0.357. The molecule has 1 unspecified atom stereocenters. The fourth-order valence-electron chi connectivity index (χ4n) is 2.39. The Balaban J connectivity index is 2.53. The predicted octanol–water partition coefficient (Wildman–Crippen LogP) is 3.49. The molecule has 0 amide bonds. The van der Waals surface area contributed by atoms with E-state index in [-0.39, 0.29) is 6.04 Å². The number of ether oxygens (including phenoxy) is 1. The van der Waals surface area contributed by atoms with Crippen molar-refractivity contribution in [3.8, 4) is 5.75 Å². The molecule has 21 heavy (non-hydrogen) atoms. The lowest BCUT2D eigenvalue weighted by Gasteiger charge is -2.20. The third kappa shape index (κ3) is 3.34. The molecule has 0 aliphatic carbocycles. The van der Waals surface area contributed by atoms with Crippen LogP contribution < -0.4 is 10.5 Å². The number of benzene rings is 2. The Morgan fingerprint density at radius 1 is 1.29 bits per heavy atom. The molecule has 0 spiro atoms. The number of rotatable bonds is 6. The summed E-state index contributed by atoms with van der Waals surface area (Å²) in [6.45, 7) is 3.81. The molecule has 0 fully saturated rings. The smallest absolute Gasteiger partial charge is 0.344 e. The van der Waals surface area contributed by atoms with Crippen LogP contribution in [-0.4, -0.2) is 17.2 Å². The van der Waals surface area contributed by atoms with Crippen molar-refractivity contribution in [2.24, 2.45) is 5.73 Å². The lowest BCUT2D eigenvalue weighted by molar-refractivity contribution is -0.145. The summed E-state index contributed by atoms with van der Waals surface area (Å²) in [5, 5.41) is 11.2. The Hall–Kier alpha value is -2.07. The monoisotopic (exact) mass is 287 g/mol. The fraction of sp³-hybridized carbons (Fsp3) is 0.353. The number of fused-ring (bicyclic) bond motifs is 1. The van der Waals surface area contributed by atoms with E-state index in [1.54, 1.807) is 0 Å². The third-order valence-electron chi connectivity index (χ3n) is 3.49. The first kappa shape index (κ1) is 15.3. The van der Waals surface area contributed by atoms with E-state index in [1.807, 2.05) is 50.2 Å². The number of nitrogens with two attached hydrogens (primary N) is 1. The van der Waals surface area contributed by atoms with Gasteiger partial charge in [0.1, 0.15) is 5.75 Å². The maximum atomic E-state index is 11.4. The highest BCUT2D eigenvalue weighted by atomic mass is 16.5. The molecule has 112 valence electrons. The van der Waals surface area contributed by atoms with Crippen molar-refractivity contribution in [3.63, 3.8) is 0 Å². The number of carboxylic acid groups (broad SMARTS) is 1. The average molecular weight is 287 g/mol. The number of carboxylic acids is 1. The van der Waals surface area contributed by atoms with Crippen LogP contribution in [0.25, 0.3) is 10.8 Å². The van der Waals surface area contributed by atoms with Crippen molar-refractivity contribution in [2.75, 3.05) is 0 Å². The van der Waals surface area contributed by atoms with Gasteiger partial charge in [0.15, 0.2) is 6.10 Å². The topological polar surface area (TPSA) is 72.5 Å². The second kappa shape index (κ2) is 6.59. The first-order valence-corrected chi connectivity index (χ1v) is 7.21. The van der Waals surface area contributed by atoms with Crippen LogP contribution in [0.4, 0.5) is 0 Å². The Morgan fingerprint density at radius 2 is 2.00 bits per heavy atom. The molecule has 4 heteroatoms. The second-order valence-electron chi connectivity index (χ2n) is 5.23. The molecule has 2 aromatic carbocycles. The SMILES string of the molecule is CCCC(Oc1c([C@H](C)N)ccc2ccccc12)C(=O)O. The van der Waals surface area contributed by atoms with E-state index < -0.39 is 12.1 Å². The van der Waals surface area contributed by atoms with Gasteiger partial charge in [0.25, 0.3) is 0 Å². The summed E-state index contributed by atoms with van der Waals surface area (Å²) in [7, 11) is 0. The Bertz CT molecular complexity index is 637. The summed E-state index contributed by atoms with van der Waals surface area (Å²) >= 11 is 0. The summed E-state index contributed by atoms with van der Waals surface area (Å²) in [6, 6.07) is 11.4. The molecule has 0 bridgehead atoms. The van der Waals surface area contributed by atoms with Crippen molar-refractivity contribution < 1.29 is 14.6 Å². The molecular weight excluding hydrogens is 266 g/mol. The van der Waals surface area contributed by atoms with Gasteiger partial charge in [0, 0.05) is 17.0 Å². The van der Waals surface area contributed by atoms with Gasteiger partial charge in [-0.2, -0.15) is 0 Å². The molecule has 4 nitrogen and oxygen atoms in total. The van der Waals surface area contributed by atoms with E-state index in [1.165, 1.54) is 0 Å². The van der Waals surface area contributed by atoms with Gasteiger partial charge in [-0.15, -0.1) is 0 Å². The Morgan fingerprint density at radius 3 is 2.62 bits per heavy atom. The van der Waals surface area contributed by atoms with Crippen LogP contribution in [0.5, 0.6) is 5.75 Å². The Labute approximate surface area is 124 Å². The third-order valence-corrected chi connectivity index (χ3v) is 3.49. The van der Waals surface area contributed by atoms with Crippen LogP contribution in [0.2, 0.25) is 0 Å². The van der Waals surface area contributed by atoms with Gasteiger partial charge in [-0.3, -0.25) is 0 Å². The lowest BCUT2D eigenvalue weighted by atomic mass is 10.0. The van der Waals surface area contributed by atoms with Gasteiger partial charge in [0.2, 0.25) is 0 Å². The molecule has 0 saturated heterocycles. The van der Waals surface area contributed by atoms with E-state index >= 15 is 0 Å². The molecule has 2 atom stereocenters. The first-order valence-electron chi connectivity index (χ1n) is 7.21. The van der Waals surface area contributed by atoms with Crippen LogP contribution >= 0.6 is 0 Å². The summed E-state index contributed by atoms with van der Waals surface area (Å²) in [4.78, 5) is 11.4. The van der Waals surface area contributed by atoms with E-state index in [2.05, 4.69) is 0 Å². The Kier molecular flexibility index (Phi) is 4.81. The van der Waals surface area contributed by atoms with Crippen LogP contribution in [-0.2, 0) is 4.79 Å². The zero-order chi connectivity index (χ0) is 15.4. The minimum atomic E-state index is -0.944. The van der Waals surface area contributed by atoms with Gasteiger partial charge in [-0.05, 0) is 18.7 Å². The van der Waals surface area contributed by atoms with E-state index in [0.717, 1.165) is 22.8 Å². The molecule has 2 aromatic rings. The molecular formula is C17H21NO3. The van der Waals surface area contributed by atoms with Gasteiger partial charge in [-0.1, -0.05) is 49.7 Å². The van der Waals surface area contributed by atoms with Crippen molar-refractivity contribution in [1.29, 1.82) is 0 Å². The molecule has 0 aliphatic rings. The zero-order valence-corrected chi connectivity index (χ0v) is 12.4. The fourth-order valence-corrected chi connectivity index (χ4v) is 2.39. The molecule has 2 rings (SSSR count). The number of aliphatic carboxylic acids is 1. The maximum Gasteiger partial charge on any atom is 0.344 e. The molecule has 0 aromatic heterocycles. The second-order valence-corrected chi connectivity index (χ2v) is 5.23. The minimum absolute atomic E-state index is 0.222. The molecule has 0 aliphatic heterocycles. The van der Waals surface area contributed by atoms with Gasteiger partial charge in [-0.25, -0.2) is 4.79 Å². The van der Waals surface area contributed by atoms with Gasteiger partial charge in [0.05, 0.1) is 0 Å². The number of carbonyl (C=O) groups is 1. The molecule has 0 radical (unpaired) electrons. The van der Waals surface area contributed by atoms with Crippen molar-refractivity contribution in [1.82, 2.24) is 0 Å². The van der Waals surface area contributed by atoms with E-state index in [0.29, 0.717) is 12.2 Å². The van der Waals surface area contributed by atoms with Gasteiger partial charge < -0.3 is 15.6 Å². The van der Waals surface area contributed by atoms with Crippen LogP contribution in [0.3, 0.4) is 0 Å². The van der Waals surface area contributed by atoms with E-state index in [4.69, 9.17) is 10.5 Å². The van der Waals surface area contributed by atoms with E-state index in [9.17, 15) is 9.90 Å². The van der Waals surface area contributed by atoms with Crippen LogP contribution in [0.1, 0.15) is 38.3 Å². The normalized spacial score (nSPS) is 13.9. The molecule has 0 heterocycles. The lowest BCUT2D eigenvalue weighted by Crippen LogP contribution is -2.27.